The molecule has 320 valence electrons. The first kappa shape index (κ1) is 49.3. The van der Waals surface area contributed by atoms with Crippen molar-refractivity contribution < 1.29 is 45.3 Å². The molecule has 0 radical (unpaired) electrons. The van der Waals surface area contributed by atoms with Crippen LogP contribution in [0.25, 0.3) is 0 Å². The lowest BCUT2D eigenvalue weighted by molar-refractivity contribution is -0.139. The molecular formula is C42H48BrCl3F6N2O4. The van der Waals surface area contributed by atoms with Crippen LogP contribution in [0.4, 0.5) is 26.3 Å². The molecule has 0 atom stereocenters. The summed E-state index contributed by atoms with van der Waals surface area (Å²) in [5.74, 6) is 1.44. The maximum Gasteiger partial charge on any atom is 0.419 e. The Hall–Kier alpha value is -3.07. The van der Waals surface area contributed by atoms with E-state index in [9.17, 15) is 26.3 Å². The molecule has 0 aliphatic carbocycles. The van der Waals surface area contributed by atoms with Crippen LogP contribution in [-0.4, -0.2) is 67.4 Å². The fourth-order valence-corrected chi connectivity index (χ4v) is 6.48. The van der Waals surface area contributed by atoms with Gasteiger partial charge >= 0.3 is 12.4 Å². The van der Waals surface area contributed by atoms with E-state index in [-0.39, 0.29) is 48.3 Å². The predicted octanol–water partition coefficient (Wildman–Crippen LogP) is 12.4. The largest absolute Gasteiger partial charge is 0.492 e. The van der Waals surface area contributed by atoms with Gasteiger partial charge in [-0.15, -0.1) is 12.4 Å². The van der Waals surface area contributed by atoms with E-state index in [1.165, 1.54) is 30.3 Å². The summed E-state index contributed by atoms with van der Waals surface area (Å²) in [7, 11) is 0. The molecule has 0 saturated carbocycles. The number of halogens is 10. The van der Waals surface area contributed by atoms with Crippen molar-refractivity contribution in [2.75, 3.05) is 51.3 Å². The van der Waals surface area contributed by atoms with Gasteiger partial charge in [-0.05, 0) is 125 Å². The second-order valence-corrected chi connectivity index (χ2v) is 15.6. The van der Waals surface area contributed by atoms with E-state index < -0.39 is 23.5 Å². The van der Waals surface area contributed by atoms with Gasteiger partial charge in [-0.25, -0.2) is 0 Å². The van der Waals surface area contributed by atoms with E-state index in [4.69, 9.17) is 42.1 Å². The van der Waals surface area contributed by atoms with Crippen molar-refractivity contribution in [3.05, 3.63) is 118 Å². The molecule has 2 fully saturated rings. The first-order valence-corrected chi connectivity index (χ1v) is 20.3. The van der Waals surface area contributed by atoms with Crippen molar-refractivity contribution in [1.29, 1.82) is 0 Å². The molecule has 58 heavy (non-hydrogen) atoms. The summed E-state index contributed by atoms with van der Waals surface area (Å²) in [4.78, 5) is 2.18. The number of nitrogens with zero attached hydrogens (tertiary/aromatic N) is 1. The quantitative estimate of drug-likeness (QED) is 0.119. The standard InChI is InChI=1S/C21H23ClF3NO2.C12H16ClNO.C9H8BrF3O.ClH/c1-20(28-17-8-6-16(22)7-9-17)10-12-26(13-11-20)14-15-27-19-5-3-2-4-18(19)21(23,24)25;1-12(6-8-14-9-7-12)15-11-4-2-10(13)3-5-11;10-5-6-14-8-4-2-1-3-7(8)9(11,12)13;/h2-9H,10-15H2,1H3;2-5,14H,6-9H2,1H3;1-4H,5-6H2;1H. The highest BCUT2D eigenvalue weighted by Gasteiger charge is 2.36. The number of piperidine rings is 2. The fraction of sp³-hybridized carbons (Fsp3) is 0.429. The zero-order chi connectivity index (χ0) is 41.5. The summed E-state index contributed by atoms with van der Waals surface area (Å²) in [6, 6.07) is 25.3. The minimum atomic E-state index is -4.41. The number of rotatable bonds is 11. The van der Waals surface area contributed by atoms with Crippen LogP contribution in [0.3, 0.4) is 0 Å². The lowest BCUT2D eigenvalue weighted by atomic mass is 9.93. The minimum absolute atomic E-state index is 0. The highest BCUT2D eigenvalue weighted by atomic mass is 79.9. The van der Waals surface area contributed by atoms with Gasteiger partial charge in [0.1, 0.15) is 40.8 Å². The summed E-state index contributed by atoms with van der Waals surface area (Å²) in [5.41, 5.74) is -1.77. The Morgan fingerprint density at radius 1 is 0.621 bits per heavy atom. The van der Waals surface area contributed by atoms with E-state index in [1.807, 2.05) is 36.4 Å². The van der Waals surface area contributed by atoms with Crippen molar-refractivity contribution in [2.45, 2.75) is 63.1 Å². The Morgan fingerprint density at radius 3 is 1.43 bits per heavy atom. The summed E-state index contributed by atoms with van der Waals surface area (Å²) >= 11 is 14.8. The molecule has 1 N–H and O–H groups in total. The van der Waals surface area contributed by atoms with Crippen molar-refractivity contribution >= 4 is 51.5 Å². The molecule has 0 aromatic heterocycles. The summed E-state index contributed by atoms with van der Waals surface area (Å²) in [5, 5.41) is 5.25. The van der Waals surface area contributed by atoms with E-state index in [1.54, 1.807) is 18.2 Å². The number of hydrogen-bond acceptors (Lipinski definition) is 6. The molecule has 0 amide bonds. The Labute approximate surface area is 361 Å². The number of nitrogens with one attached hydrogen (secondary N) is 1. The zero-order valence-corrected chi connectivity index (χ0v) is 36.0. The average molecular weight is 945 g/mol. The molecular weight excluding hydrogens is 897 g/mol. The third kappa shape index (κ3) is 16.5. The Morgan fingerprint density at radius 2 is 1.02 bits per heavy atom. The summed E-state index contributed by atoms with van der Waals surface area (Å²) in [6.07, 6.45) is -5.01. The number of ether oxygens (including phenoxy) is 4. The molecule has 0 unspecified atom stereocenters. The Bertz CT molecular complexity index is 1790. The molecule has 0 spiro atoms. The number of para-hydroxylation sites is 2. The maximum absolute atomic E-state index is 13.0. The Balaban J connectivity index is 0.000000254. The number of alkyl halides is 7. The van der Waals surface area contributed by atoms with Gasteiger partial charge in [0.15, 0.2) is 0 Å². The number of benzene rings is 4. The van der Waals surface area contributed by atoms with E-state index in [2.05, 4.69) is 40.0 Å². The van der Waals surface area contributed by atoms with Crippen molar-refractivity contribution in [2.24, 2.45) is 0 Å². The topological polar surface area (TPSA) is 52.2 Å². The smallest absolute Gasteiger partial charge is 0.419 e. The van der Waals surface area contributed by atoms with Gasteiger partial charge in [0.05, 0.1) is 17.7 Å². The highest BCUT2D eigenvalue weighted by Crippen LogP contribution is 2.37. The lowest BCUT2D eigenvalue weighted by Crippen LogP contribution is -2.47. The maximum atomic E-state index is 13.0. The monoisotopic (exact) mass is 942 g/mol. The van der Waals surface area contributed by atoms with Crippen LogP contribution in [-0.2, 0) is 12.4 Å². The molecule has 2 saturated heterocycles. The predicted molar refractivity (Wildman–Crippen MR) is 224 cm³/mol. The van der Waals surface area contributed by atoms with Crippen LogP contribution in [0.1, 0.15) is 50.7 Å². The average Bonchev–Trinajstić information content (AvgIpc) is 3.17. The fourth-order valence-electron chi connectivity index (χ4n) is 6.07. The molecule has 6 rings (SSSR count). The van der Waals surface area contributed by atoms with Crippen LogP contribution >= 0.6 is 51.5 Å². The van der Waals surface area contributed by atoms with E-state index in [0.29, 0.717) is 16.9 Å². The molecule has 4 aromatic rings. The first-order chi connectivity index (χ1) is 27.0. The van der Waals surface area contributed by atoms with Gasteiger partial charge in [-0.1, -0.05) is 63.4 Å². The van der Waals surface area contributed by atoms with Gasteiger partial charge in [0.25, 0.3) is 0 Å². The molecule has 16 heteroatoms. The molecule has 2 aliphatic rings. The summed E-state index contributed by atoms with van der Waals surface area (Å²) < 4.78 is 98.7. The lowest BCUT2D eigenvalue weighted by Gasteiger charge is -2.39. The van der Waals surface area contributed by atoms with Crippen molar-refractivity contribution in [3.8, 4) is 23.0 Å². The van der Waals surface area contributed by atoms with Crippen LogP contribution in [0.15, 0.2) is 97.1 Å². The van der Waals surface area contributed by atoms with Crippen LogP contribution in [0.5, 0.6) is 23.0 Å². The third-order valence-electron chi connectivity index (χ3n) is 9.32. The zero-order valence-electron chi connectivity index (χ0n) is 32.1. The molecule has 2 heterocycles. The first-order valence-electron chi connectivity index (χ1n) is 18.4. The third-order valence-corrected chi connectivity index (χ3v) is 10.1. The molecule has 0 bridgehead atoms. The highest BCUT2D eigenvalue weighted by molar-refractivity contribution is 9.09. The SMILES string of the molecule is CC1(Oc2ccc(Cl)cc2)CCN(CCOc2ccccc2C(F)(F)F)CC1.CC1(Oc2ccc(Cl)cc2)CCNCC1.Cl.FC(F)(F)c1ccccc1OCCBr. The van der Waals surface area contributed by atoms with Gasteiger partial charge < -0.3 is 24.3 Å². The van der Waals surface area contributed by atoms with Crippen molar-refractivity contribution in [3.63, 3.8) is 0 Å². The van der Waals surface area contributed by atoms with Crippen LogP contribution in [0.2, 0.25) is 10.0 Å². The second-order valence-electron chi connectivity index (χ2n) is 14.0. The number of hydrogen-bond donors (Lipinski definition) is 1. The van der Waals surface area contributed by atoms with Crippen LogP contribution in [0, 0.1) is 0 Å². The van der Waals surface area contributed by atoms with E-state index in [0.717, 1.165) is 80.5 Å². The molecule has 2 aliphatic heterocycles. The normalized spacial score (nSPS) is 16.3. The molecule has 6 nitrogen and oxygen atoms in total. The molecule has 4 aromatic carbocycles. The van der Waals surface area contributed by atoms with Crippen molar-refractivity contribution in [1.82, 2.24) is 10.2 Å². The van der Waals surface area contributed by atoms with Gasteiger partial charge in [0, 0.05) is 35.0 Å². The van der Waals surface area contributed by atoms with Gasteiger partial charge in [-0.2, -0.15) is 26.3 Å². The van der Waals surface area contributed by atoms with E-state index >= 15 is 0 Å². The summed E-state index contributed by atoms with van der Waals surface area (Å²) in [6.45, 7) is 8.91. The number of likely N-dealkylation sites (tertiary alicyclic amines) is 1. The second kappa shape index (κ2) is 23.1. The Kier molecular flexibility index (Phi) is 19.6. The van der Waals surface area contributed by atoms with Crippen LogP contribution < -0.4 is 24.3 Å². The van der Waals surface area contributed by atoms with Gasteiger partial charge in [0.2, 0.25) is 0 Å². The minimum Gasteiger partial charge on any atom is -0.492 e. The van der Waals surface area contributed by atoms with Gasteiger partial charge in [-0.3, -0.25) is 4.90 Å².